The minimum Gasteiger partial charge on any atom is -0.217 e. The summed E-state index contributed by atoms with van der Waals surface area (Å²) >= 11 is 0. The van der Waals surface area contributed by atoms with Crippen LogP contribution in [0.1, 0.15) is 24.8 Å². The van der Waals surface area contributed by atoms with Gasteiger partial charge < -0.3 is 0 Å². The monoisotopic (exact) mass is 208 g/mol. The third-order valence-corrected chi connectivity index (χ3v) is 7.07. The van der Waals surface area contributed by atoms with Gasteiger partial charge in [-0.15, -0.1) is 0 Å². The van der Waals surface area contributed by atoms with E-state index < -0.39 is 10.0 Å². The minimum atomic E-state index is -0.436. The van der Waals surface area contributed by atoms with E-state index in [2.05, 4.69) is 37.4 Å². The number of hydrogen-bond donors (Lipinski definition) is 0. The van der Waals surface area contributed by atoms with Crippen molar-refractivity contribution in [2.45, 2.75) is 31.1 Å². The Labute approximate surface area is 89.0 Å². The van der Waals surface area contributed by atoms with Crippen LogP contribution in [0.2, 0.25) is 0 Å². The molecule has 0 atom stereocenters. The second-order valence-electron chi connectivity index (χ2n) is 4.56. The lowest BCUT2D eigenvalue weighted by Crippen LogP contribution is -2.13. The number of hydrogen-bond acceptors (Lipinski definition) is 0. The zero-order chi connectivity index (χ0) is 10.0. The Bertz CT molecular complexity index is 294. The van der Waals surface area contributed by atoms with Crippen molar-refractivity contribution in [1.82, 2.24) is 0 Å². The number of aryl methyl sites for hydroxylation is 1. The van der Waals surface area contributed by atoms with Crippen molar-refractivity contribution in [3.63, 3.8) is 0 Å². The molecule has 78 valence electrons. The van der Waals surface area contributed by atoms with Gasteiger partial charge in [0.1, 0.15) is 0 Å². The molecule has 0 amide bonds. The Morgan fingerprint density at radius 2 is 1.50 bits per heavy atom. The molecule has 1 saturated heterocycles. The van der Waals surface area contributed by atoms with Crippen molar-refractivity contribution in [1.29, 1.82) is 0 Å². The van der Waals surface area contributed by atoms with Gasteiger partial charge >= 0.3 is 0 Å². The van der Waals surface area contributed by atoms with E-state index in [1.165, 1.54) is 36.3 Å². The molecule has 1 fully saturated rings. The number of rotatable bonds is 1. The van der Waals surface area contributed by atoms with Gasteiger partial charge in [0, 0.05) is 0 Å². The second-order valence-corrected chi connectivity index (χ2v) is 8.39. The molecule has 0 radical (unpaired) electrons. The molecule has 0 unspecified atom stereocenters. The van der Waals surface area contributed by atoms with Gasteiger partial charge in [-0.2, -0.15) is 0 Å². The molecule has 1 heterocycles. The summed E-state index contributed by atoms with van der Waals surface area (Å²) in [5.41, 5.74) is 1.38. The molecule has 1 aliphatic heterocycles. The van der Waals surface area contributed by atoms with Crippen LogP contribution >= 0.6 is 10.0 Å². The molecule has 0 aromatic heterocycles. The largest absolute Gasteiger partial charge is 0.217 e. The molecule has 2 rings (SSSR count). The van der Waals surface area contributed by atoms with E-state index in [0.29, 0.717) is 0 Å². The van der Waals surface area contributed by atoms with Gasteiger partial charge in [0.15, 0.2) is 0 Å². The molecule has 0 bridgehead atoms. The number of benzene rings is 1. The van der Waals surface area contributed by atoms with E-state index in [4.69, 9.17) is 0 Å². The highest BCUT2D eigenvalue weighted by molar-refractivity contribution is 8.33. The van der Waals surface area contributed by atoms with E-state index in [0.717, 1.165) is 0 Å². The summed E-state index contributed by atoms with van der Waals surface area (Å²) in [5.74, 6) is 2.91. The Morgan fingerprint density at radius 1 is 0.929 bits per heavy atom. The topological polar surface area (TPSA) is 0 Å². The first-order valence-corrected chi connectivity index (χ1v) is 7.89. The Kier molecular flexibility index (Phi) is 2.87. The van der Waals surface area contributed by atoms with E-state index in [1.54, 1.807) is 4.90 Å². The van der Waals surface area contributed by atoms with E-state index in [1.807, 2.05) is 0 Å². The van der Waals surface area contributed by atoms with Crippen molar-refractivity contribution < 1.29 is 0 Å². The van der Waals surface area contributed by atoms with Crippen molar-refractivity contribution in [3.8, 4) is 0 Å². The quantitative estimate of drug-likeness (QED) is 0.655. The highest BCUT2D eigenvalue weighted by Crippen LogP contribution is 2.55. The molecular formula is C13H20S. The molecule has 1 aliphatic rings. The van der Waals surface area contributed by atoms with Crippen molar-refractivity contribution >= 4 is 10.0 Å². The normalized spacial score (nSPS) is 23.0. The molecule has 1 heteroatoms. The fourth-order valence-corrected chi connectivity index (χ4v) is 5.37. The highest BCUT2D eigenvalue weighted by atomic mass is 32.3. The van der Waals surface area contributed by atoms with Gasteiger partial charge in [0.25, 0.3) is 0 Å². The van der Waals surface area contributed by atoms with E-state index in [9.17, 15) is 0 Å². The molecule has 0 saturated carbocycles. The summed E-state index contributed by atoms with van der Waals surface area (Å²) in [6, 6.07) is 9.25. The molecule has 14 heavy (non-hydrogen) atoms. The van der Waals surface area contributed by atoms with Gasteiger partial charge in [-0.05, 0) is 54.6 Å². The van der Waals surface area contributed by atoms with Crippen molar-refractivity contribution in [2.75, 3.05) is 17.8 Å². The molecular weight excluding hydrogens is 188 g/mol. The smallest absolute Gasteiger partial charge is 0.0101 e. The van der Waals surface area contributed by atoms with E-state index in [-0.39, 0.29) is 0 Å². The first-order chi connectivity index (χ1) is 6.71. The van der Waals surface area contributed by atoms with Crippen molar-refractivity contribution in [3.05, 3.63) is 29.8 Å². The predicted octanol–water partition coefficient (Wildman–Crippen LogP) is 3.97. The summed E-state index contributed by atoms with van der Waals surface area (Å²) in [5, 5.41) is 0. The van der Waals surface area contributed by atoms with Crippen LogP contribution in [0.5, 0.6) is 0 Å². The Hall–Kier alpha value is -0.430. The molecule has 0 aliphatic carbocycles. The summed E-state index contributed by atoms with van der Waals surface area (Å²) in [7, 11) is -0.436. The second kappa shape index (κ2) is 3.98. The average Bonchev–Trinajstić information content (AvgIpc) is 2.19. The highest BCUT2D eigenvalue weighted by Gasteiger charge is 2.22. The van der Waals surface area contributed by atoms with Gasteiger partial charge in [0.2, 0.25) is 0 Å². The molecule has 0 N–H and O–H groups in total. The molecule has 0 nitrogen and oxygen atoms in total. The Balaban J connectivity index is 2.23. The van der Waals surface area contributed by atoms with Crippen LogP contribution in [0, 0.1) is 6.92 Å². The maximum absolute atomic E-state index is 2.51. The predicted molar refractivity (Wildman–Crippen MR) is 66.5 cm³/mol. The third-order valence-electron chi connectivity index (χ3n) is 3.28. The maximum Gasteiger partial charge on any atom is -0.0101 e. The minimum absolute atomic E-state index is 0.436. The maximum atomic E-state index is 2.51. The molecule has 1 aromatic carbocycles. The standard InChI is InChI=1S/C13H20S/c1-12-6-8-13(9-7-12)14(2)10-4-3-5-11-14/h6-9H,3-5,10-11H2,1-2H3. The van der Waals surface area contributed by atoms with Gasteiger partial charge in [-0.3, -0.25) is 0 Å². The zero-order valence-electron chi connectivity index (χ0n) is 9.25. The first kappa shape index (κ1) is 10.1. The fourth-order valence-electron chi connectivity index (χ4n) is 2.22. The summed E-state index contributed by atoms with van der Waals surface area (Å²) in [6.07, 6.45) is 6.85. The SMILES string of the molecule is Cc1ccc(S2(C)CCCCC2)cc1. The van der Waals surface area contributed by atoms with Crippen LogP contribution in [0.3, 0.4) is 0 Å². The van der Waals surface area contributed by atoms with Crippen molar-refractivity contribution in [2.24, 2.45) is 0 Å². The van der Waals surface area contributed by atoms with Crippen LogP contribution in [0.4, 0.5) is 0 Å². The van der Waals surface area contributed by atoms with Crippen LogP contribution in [0.15, 0.2) is 29.2 Å². The average molecular weight is 208 g/mol. The molecule has 0 spiro atoms. The zero-order valence-corrected chi connectivity index (χ0v) is 10.1. The van der Waals surface area contributed by atoms with Crippen LogP contribution in [-0.2, 0) is 0 Å². The summed E-state index contributed by atoms with van der Waals surface area (Å²) < 4.78 is 0. The lowest BCUT2D eigenvalue weighted by molar-refractivity contribution is 0.753. The van der Waals surface area contributed by atoms with Crippen LogP contribution < -0.4 is 0 Å². The summed E-state index contributed by atoms with van der Waals surface area (Å²) in [6.45, 7) is 2.17. The fraction of sp³-hybridized carbons (Fsp3) is 0.538. The lowest BCUT2D eigenvalue weighted by atomic mass is 10.2. The summed E-state index contributed by atoms with van der Waals surface area (Å²) in [4.78, 5) is 1.63. The molecule has 1 aromatic rings. The Morgan fingerprint density at radius 3 is 2.07 bits per heavy atom. The van der Waals surface area contributed by atoms with Gasteiger partial charge in [-0.1, -0.05) is 24.1 Å². The van der Waals surface area contributed by atoms with Crippen LogP contribution in [0.25, 0.3) is 0 Å². The van der Waals surface area contributed by atoms with Gasteiger partial charge in [-0.25, -0.2) is 10.0 Å². The van der Waals surface area contributed by atoms with Crippen LogP contribution in [-0.4, -0.2) is 17.8 Å². The lowest BCUT2D eigenvalue weighted by Gasteiger charge is -2.40. The first-order valence-electron chi connectivity index (χ1n) is 5.51. The van der Waals surface area contributed by atoms with E-state index >= 15 is 0 Å². The van der Waals surface area contributed by atoms with Gasteiger partial charge in [0.05, 0.1) is 0 Å². The third kappa shape index (κ3) is 1.98.